The van der Waals surface area contributed by atoms with E-state index in [4.69, 9.17) is 0 Å². The minimum atomic E-state index is 0.760. The Kier molecular flexibility index (Phi) is 3.20. The number of hydrogen-bond donors (Lipinski definition) is 1. The van der Waals surface area contributed by atoms with Crippen molar-refractivity contribution < 1.29 is 0 Å². The van der Waals surface area contributed by atoms with Gasteiger partial charge in [-0.15, -0.1) is 5.10 Å². The maximum absolute atomic E-state index is 4.36. The summed E-state index contributed by atoms with van der Waals surface area (Å²) in [6.45, 7) is 4.36. The number of aromatic nitrogens is 6. The lowest BCUT2D eigenvalue weighted by Crippen LogP contribution is -2.20. The molecule has 0 radical (unpaired) electrons. The van der Waals surface area contributed by atoms with Crippen LogP contribution in [0.25, 0.3) is 5.65 Å². The average Bonchev–Trinajstić information content (AvgIpc) is 3.02. The van der Waals surface area contributed by atoms with Gasteiger partial charge in [-0.3, -0.25) is 4.68 Å². The van der Waals surface area contributed by atoms with Crippen molar-refractivity contribution in [3.8, 4) is 0 Å². The Hall–Kier alpha value is -2.28. The molecule has 3 rings (SSSR count). The lowest BCUT2D eigenvalue weighted by atomic mass is 10.3. The molecule has 0 amide bonds. The van der Waals surface area contributed by atoms with Crippen LogP contribution in [-0.2, 0) is 13.1 Å². The zero-order chi connectivity index (χ0) is 13.1. The van der Waals surface area contributed by atoms with Crippen LogP contribution in [0.15, 0.2) is 30.9 Å². The highest BCUT2D eigenvalue weighted by molar-refractivity contribution is 5.38. The zero-order valence-electron chi connectivity index (χ0n) is 10.7. The summed E-state index contributed by atoms with van der Waals surface area (Å²) < 4.78 is 3.61. The molecule has 3 heterocycles. The fourth-order valence-corrected chi connectivity index (χ4v) is 1.90. The standard InChI is InChI=1S/C12H15N7/c1-10-6-12-14-8-11(9-19(12)16-10)7-13-2-4-18-5-3-15-17-18/h3,5-6,8-9,13H,2,4,7H2,1H3. The molecule has 19 heavy (non-hydrogen) atoms. The lowest BCUT2D eigenvalue weighted by Gasteiger charge is -2.04. The highest BCUT2D eigenvalue weighted by Gasteiger charge is 2.00. The first-order valence-electron chi connectivity index (χ1n) is 6.17. The smallest absolute Gasteiger partial charge is 0.155 e. The van der Waals surface area contributed by atoms with E-state index in [-0.39, 0.29) is 0 Å². The van der Waals surface area contributed by atoms with Crippen molar-refractivity contribution >= 4 is 5.65 Å². The van der Waals surface area contributed by atoms with E-state index in [2.05, 4.69) is 25.7 Å². The van der Waals surface area contributed by atoms with Crippen LogP contribution >= 0.6 is 0 Å². The second kappa shape index (κ2) is 5.15. The third-order valence-electron chi connectivity index (χ3n) is 2.81. The summed E-state index contributed by atoms with van der Waals surface area (Å²) in [5.41, 5.74) is 2.96. The first-order valence-corrected chi connectivity index (χ1v) is 6.17. The Bertz CT molecular complexity index is 656. The molecule has 98 valence electrons. The molecule has 7 heteroatoms. The number of nitrogens with zero attached hydrogens (tertiary/aromatic N) is 6. The Morgan fingerprint density at radius 1 is 1.37 bits per heavy atom. The molecule has 0 aliphatic carbocycles. The Morgan fingerprint density at radius 2 is 2.32 bits per heavy atom. The summed E-state index contributed by atoms with van der Waals surface area (Å²) in [6.07, 6.45) is 7.40. The van der Waals surface area contributed by atoms with Crippen LogP contribution < -0.4 is 5.32 Å². The van der Waals surface area contributed by atoms with E-state index < -0.39 is 0 Å². The summed E-state index contributed by atoms with van der Waals surface area (Å²) in [6, 6.07) is 1.96. The van der Waals surface area contributed by atoms with E-state index in [1.807, 2.05) is 36.1 Å². The maximum Gasteiger partial charge on any atom is 0.155 e. The Morgan fingerprint density at radius 3 is 3.16 bits per heavy atom. The molecule has 0 spiro atoms. The third kappa shape index (κ3) is 2.76. The van der Waals surface area contributed by atoms with E-state index in [9.17, 15) is 0 Å². The van der Waals surface area contributed by atoms with Gasteiger partial charge >= 0.3 is 0 Å². The second-order valence-electron chi connectivity index (χ2n) is 4.39. The van der Waals surface area contributed by atoms with Gasteiger partial charge < -0.3 is 5.32 Å². The van der Waals surface area contributed by atoms with Crippen LogP contribution in [0.2, 0.25) is 0 Å². The Balaban J connectivity index is 1.56. The molecule has 0 aliphatic rings. The topological polar surface area (TPSA) is 72.9 Å². The molecule has 3 aromatic rings. The maximum atomic E-state index is 4.36. The summed E-state index contributed by atoms with van der Waals surface area (Å²) in [5.74, 6) is 0. The van der Waals surface area contributed by atoms with Gasteiger partial charge in [0.25, 0.3) is 0 Å². The molecule has 0 fully saturated rings. The predicted molar refractivity (Wildman–Crippen MR) is 69.5 cm³/mol. The monoisotopic (exact) mass is 257 g/mol. The minimum absolute atomic E-state index is 0.760. The van der Waals surface area contributed by atoms with Crippen LogP contribution in [-0.4, -0.2) is 36.1 Å². The van der Waals surface area contributed by atoms with Gasteiger partial charge in [0.05, 0.1) is 18.4 Å². The fraction of sp³-hybridized carbons (Fsp3) is 0.333. The number of rotatable bonds is 5. The van der Waals surface area contributed by atoms with Gasteiger partial charge in [0.15, 0.2) is 5.65 Å². The first kappa shape index (κ1) is 11.8. The SMILES string of the molecule is Cc1cc2ncc(CNCCn3ccnn3)cn2n1. The molecule has 3 aromatic heterocycles. The van der Waals surface area contributed by atoms with E-state index in [0.29, 0.717) is 0 Å². The quantitative estimate of drug-likeness (QED) is 0.671. The summed E-state index contributed by atoms with van der Waals surface area (Å²) >= 11 is 0. The summed E-state index contributed by atoms with van der Waals surface area (Å²) in [7, 11) is 0. The number of nitrogens with one attached hydrogen (secondary N) is 1. The van der Waals surface area contributed by atoms with Gasteiger partial charge in [-0.2, -0.15) is 5.10 Å². The number of aryl methyl sites for hydroxylation is 1. The Labute approximate surface area is 110 Å². The van der Waals surface area contributed by atoms with Crippen LogP contribution in [0, 0.1) is 6.92 Å². The number of fused-ring (bicyclic) bond motifs is 1. The van der Waals surface area contributed by atoms with Crippen molar-refractivity contribution in [2.75, 3.05) is 6.54 Å². The highest BCUT2D eigenvalue weighted by atomic mass is 15.4. The molecule has 0 unspecified atom stereocenters. The minimum Gasteiger partial charge on any atom is -0.311 e. The average molecular weight is 257 g/mol. The van der Waals surface area contributed by atoms with Crippen LogP contribution in [0.4, 0.5) is 0 Å². The molecule has 0 aliphatic heterocycles. The molecular formula is C12H15N7. The normalized spacial score (nSPS) is 11.2. The van der Waals surface area contributed by atoms with E-state index in [1.54, 1.807) is 10.9 Å². The first-order chi connectivity index (χ1) is 9.31. The van der Waals surface area contributed by atoms with Crippen molar-refractivity contribution in [3.63, 3.8) is 0 Å². The van der Waals surface area contributed by atoms with Gasteiger partial charge in [0.2, 0.25) is 0 Å². The third-order valence-corrected chi connectivity index (χ3v) is 2.81. The van der Waals surface area contributed by atoms with Gasteiger partial charge in [0.1, 0.15) is 0 Å². The lowest BCUT2D eigenvalue weighted by molar-refractivity contribution is 0.539. The van der Waals surface area contributed by atoms with Crippen molar-refractivity contribution in [3.05, 3.63) is 42.1 Å². The summed E-state index contributed by atoms with van der Waals surface area (Å²) in [4.78, 5) is 4.36. The molecule has 0 saturated heterocycles. The van der Waals surface area contributed by atoms with Crippen molar-refractivity contribution in [1.29, 1.82) is 0 Å². The predicted octanol–water partition coefficient (Wildman–Crippen LogP) is 0.419. The van der Waals surface area contributed by atoms with Gasteiger partial charge in [0, 0.05) is 43.3 Å². The van der Waals surface area contributed by atoms with E-state index >= 15 is 0 Å². The fourth-order valence-electron chi connectivity index (χ4n) is 1.90. The summed E-state index contributed by atoms with van der Waals surface area (Å²) in [5, 5.41) is 15.4. The van der Waals surface area contributed by atoms with Gasteiger partial charge in [-0.1, -0.05) is 5.21 Å². The molecule has 0 saturated carbocycles. The van der Waals surface area contributed by atoms with Crippen molar-refractivity contribution in [1.82, 2.24) is 34.9 Å². The molecule has 0 atom stereocenters. The second-order valence-corrected chi connectivity index (χ2v) is 4.39. The van der Waals surface area contributed by atoms with E-state index in [1.165, 1.54) is 0 Å². The zero-order valence-corrected chi connectivity index (χ0v) is 10.7. The van der Waals surface area contributed by atoms with Gasteiger partial charge in [-0.25, -0.2) is 9.50 Å². The molecule has 0 aromatic carbocycles. The van der Waals surface area contributed by atoms with E-state index in [0.717, 1.165) is 36.5 Å². The van der Waals surface area contributed by atoms with Crippen LogP contribution in [0.3, 0.4) is 0 Å². The number of hydrogen-bond acceptors (Lipinski definition) is 5. The molecular weight excluding hydrogens is 242 g/mol. The molecule has 7 nitrogen and oxygen atoms in total. The van der Waals surface area contributed by atoms with Crippen molar-refractivity contribution in [2.24, 2.45) is 0 Å². The van der Waals surface area contributed by atoms with Crippen LogP contribution in [0.5, 0.6) is 0 Å². The largest absolute Gasteiger partial charge is 0.311 e. The van der Waals surface area contributed by atoms with Crippen molar-refractivity contribution in [2.45, 2.75) is 20.0 Å². The van der Waals surface area contributed by atoms with Gasteiger partial charge in [-0.05, 0) is 6.92 Å². The molecule has 0 bridgehead atoms. The van der Waals surface area contributed by atoms with Crippen LogP contribution in [0.1, 0.15) is 11.3 Å². The highest BCUT2D eigenvalue weighted by Crippen LogP contribution is 2.04. The molecule has 1 N–H and O–H groups in total.